The Balaban J connectivity index is 1.64. The third kappa shape index (κ3) is 5.09. The van der Waals surface area contributed by atoms with Crippen molar-refractivity contribution >= 4 is 27.6 Å². The van der Waals surface area contributed by atoms with Gasteiger partial charge in [0, 0.05) is 13.1 Å². The van der Waals surface area contributed by atoms with E-state index in [1.807, 2.05) is 5.32 Å². The van der Waals surface area contributed by atoms with Crippen LogP contribution in [0.25, 0.3) is 0 Å². The predicted octanol–water partition coefficient (Wildman–Crippen LogP) is 2.31. The normalized spacial score (nSPS) is 15.8. The van der Waals surface area contributed by atoms with Gasteiger partial charge in [0.05, 0.1) is 29.4 Å². The minimum atomic E-state index is -3.74. The first-order valence-electron chi connectivity index (χ1n) is 9.44. The molecule has 12 heteroatoms. The summed E-state index contributed by atoms with van der Waals surface area (Å²) in [5.74, 6) is -6.67. The number of rotatable bonds is 6. The summed E-state index contributed by atoms with van der Waals surface area (Å²) < 4.78 is 76.5. The van der Waals surface area contributed by atoms with Crippen LogP contribution in [0.2, 0.25) is 0 Å². The van der Waals surface area contributed by atoms with Crippen LogP contribution in [0.3, 0.4) is 0 Å². The van der Waals surface area contributed by atoms with Crippen molar-refractivity contribution in [2.75, 3.05) is 31.6 Å². The van der Waals surface area contributed by atoms with Gasteiger partial charge in [0.2, 0.25) is 10.0 Å². The van der Waals surface area contributed by atoms with E-state index in [9.17, 15) is 31.2 Å². The Bertz CT molecular complexity index is 1120. The van der Waals surface area contributed by atoms with E-state index >= 15 is 0 Å². The zero-order valence-corrected chi connectivity index (χ0v) is 17.6. The number of amides is 1. The van der Waals surface area contributed by atoms with Crippen molar-refractivity contribution in [3.8, 4) is 0 Å². The van der Waals surface area contributed by atoms with Crippen molar-refractivity contribution < 1.29 is 40.7 Å². The molecule has 1 atom stereocenters. The van der Waals surface area contributed by atoms with Gasteiger partial charge in [-0.05, 0) is 43.3 Å². The van der Waals surface area contributed by atoms with Gasteiger partial charge in [-0.15, -0.1) is 0 Å². The number of esters is 1. The molecule has 172 valence electrons. The third-order valence-corrected chi connectivity index (χ3v) is 6.56. The van der Waals surface area contributed by atoms with Crippen LogP contribution >= 0.6 is 0 Å². The first-order chi connectivity index (χ1) is 15.1. The van der Waals surface area contributed by atoms with Gasteiger partial charge in [-0.2, -0.15) is 4.31 Å². The standard InChI is InChI=1S/C20H19F3N2O6S/c1-12(19(26)24-16-7-6-15(21)17(22)18(16)23)31-20(27)13-2-4-14(5-3-13)32(28,29)25-8-10-30-11-9-25/h2-7,12H,8-11H2,1H3,(H,24,26). The number of nitrogens with one attached hydrogen (secondary N) is 1. The second-order valence-electron chi connectivity index (χ2n) is 6.80. The van der Waals surface area contributed by atoms with Crippen LogP contribution in [0.4, 0.5) is 18.9 Å². The number of anilines is 1. The minimum Gasteiger partial charge on any atom is -0.449 e. The molecule has 3 rings (SSSR count). The smallest absolute Gasteiger partial charge is 0.338 e. The average Bonchev–Trinajstić information content (AvgIpc) is 2.80. The van der Waals surface area contributed by atoms with E-state index in [0.717, 1.165) is 6.07 Å². The summed E-state index contributed by atoms with van der Waals surface area (Å²) in [6, 6.07) is 6.40. The Morgan fingerprint density at radius 1 is 1.03 bits per heavy atom. The van der Waals surface area contributed by atoms with Crippen molar-refractivity contribution in [2.24, 2.45) is 0 Å². The van der Waals surface area contributed by atoms with E-state index in [2.05, 4.69) is 0 Å². The summed E-state index contributed by atoms with van der Waals surface area (Å²) in [6.07, 6.45) is -1.41. The molecule has 32 heavy (non-hydrogen) atoms. The molecule has 1 heterocycles. The van der Waals surface area contributed by atoms with Gasteiger partial charge in [0.1, 0.15) is 0 Å². The lowest BCUT2D eigenvalue weighted by atomic mass is 10.2. The number of benzene rings is 2. The van der Waals surface area contributed by atoms with Crippen LogP contribution in [-0.2, 0) is 24.3 Å². The van der Waals surface area contributed by atoms with Gasteiger partial charge < -0.3 is 14.8 Å². The van der Waals surface area contributed by atoms with E-state index in [1.54, 1.807) is 0 Å². The number of hydrogen-bond acceptors (Lipinski definition) is 6. The number of nitrogens with zero attached hydrogens (tertiary/aromatic N) is 1. The largest absolute Gasteiger partial charge is 0.449 e. The van der Waals surface area contributed by atoms with Crippen LogP contribution in [-0.4, -0.2) is 57.0 Å². The Morgan fingerprint density at radius 2 is 1.66 bits per heavy atom. The summed E-state index contributed by atoms with van der Waals surface area (Å²) in [7, 11) is -3.74. The Hall–Kier alpha value is -2.96. The van der Waals surface area contributed by atoms with Gasteiger partial charge in [0.15, 0.2) is 23.6 Å². The second kappa shape index (κ2) is 9.67. The lowest BCUT2D eigenvalue weighted by Gasteiger charge is -2.26. The molecule has 1 fully saturated rings. The molecule has 0 saturated carbocycles. The van der Waals surface area contributed by atoms with Crippen molar-refractivity contribution in [3.63, 3.8) is 0 Å². The maximum absolute atomic E-state index is 13.7. The Labute approximate surface area is 182 Å². The molecule has 1 N–H and O–H groups in total. The number of ether oxygens (including phenoxy) is 2. The van der Waals surface area contributed by atoms with E-state index in [1.165, 1.54) is 35.5 Å². The highest BCUT2D eigenvalue weighted by atomic mass is 32.2. The Kier molecular flexibility index (Phi) is 7.16. The summed E-state index contributed by atoms with van der Waals surface area (Å²) in [6.45, 7) is 2.22. The molecule has 1 aliphatic rings. The molecule has 1 amide bonds. The van der Waals surface area contributed by atoms with Crippen molar-refractivity contribution in [3.05, 3.63) is 59.4 Å². The van der Waals surface area contributed by atoms with Crippen LogP contribution < -0.4 is 5.32 Å². The van der Waals surface area contributed by atoms with E-state index in [0.29, 0.717) is 6.07 Å². The zero-order chi connectivity index (χ0) is 23.5. The van der Waals surface area contributed by atoms with Gasteiger partial charge in [-0.25, -0.2) is 26.4 Å². The lowest BCUT2D eigenvalue weighted by Crippen LogP contribution is -2.40. The molecule has 2 aromatic rings. The quantitative estimate of drug-likeness (QED) is 0.512. The lowest BCUT2D eigenvalue weighted by molar-refractivity contribution is -0.123. The van der Waals surface area contributed by atoms with Crippen LogP contribution in [0, 0.1) is 17.5 Å². The topological polar surface area (TPSA) is 102 Å². The molecule has 0 aromatic heterocycles. The van der Waals surface area contributed by atoms with Crippen molar-refractivity contribution in [2.45, 2.75) is 17.9 Å². The van der Waals surface area contributed by atoms with Crippen molar-refractivity contribution in [1.29, 1.82) is 0 Å². The summed E-state index contributed by atoms with van der Waals surface area (Å²) in [4.78, 5) is 24.4. The first kappa shape index (κ1) is 23.7. The zero-order valence-electron chi connectivity index (χ0n) is 16.8. The van der Waals surface area contributed by atoms with Crippen molar-refractivity contribution in [1.82, 2.24) is 4.31 Å². The summed E-state index contributed by atoms with van der Waals surface area (Å²) in [5, 5.41) is 2.01. The molecular formula is C20H19F3N2O6S. The highest BCUT2D eigenvalue weighted by molar-refractivity contribution is 7.89. The number of hydrogen-bond donors (Lipinski definition) is 1. The highest BCUT2D eigenvalue weighted by Crippen LogP contribution is 2.21. The van der Waals surface area contributed by atoms with Gasteiger partial charge >= 0.3 is 5.97 Å². The monoisotopic (exact) mass is 472 g/mol. The molecule has 1 aliphatic heterocycles. The molecule has 0 aliphatic carbocycles. The molecule has 8 nitrogen and oxygen atoms in total. The number of carbonyl (C=O) groups is 2. The summed E-state index contributed by atoms with van der Waals surface area (Å²) >= 11 is 0. The summed E-state index contributed by atoms with van der Waals surface area (Å²) in [5.41, 5.74) is -0.640. The number of sulfonamides is 1. The number of carbonyl (C=O) groups excluding carboxylic acids is 2. The third-order valence-electron chi connectivity index (χ3n) is 4.64. The highest BCUT2D eigenvalue weighted by Gasteiger charge is 2.27. The molecule has 0 spiro atoms. The Morgan fingerprint density at radius 3 is 2.28 bits per heavy atom. The number of morpholine rings is 1. The van der Waals surface area contributed by atoms with Crippen LogP contribution in [0.15, 0.2) is 41.3 Å². The SMILES string of the molecule is CC(OC(=O)c1ccc(S(=O)(=O)N2CCOCC2)cc1)C(=O)Nc1ccc(F)c(F)c1F. The van der Waals surface area contributed by atoms with Crippen LogP contribution in [0.1, 0.15) is 17.3 Å². The molecule has 1 saturated heterocycles. The van der Waals surface area contributed by atoms with E-state index < -0.39 is 51.1 Å². The van der Waals surface area contributed by atoms with E-state index in [4.69, 9.17) is 9.47 Å². The average molecular weight is 472 g/mol. The molecule has 1 unspecified atom stereocenters. The maximum Gasteiger partial charge on any atom is 0.338 e. The fourth-order valence-corrected chi connectivity index (χ4v) is 4.25. The minimum absolute atomic E-state index is 0.0180. The van der Waals surface area contributed by atoms with Gasteiger partial charge in [0.25, 0.3) is 5.91 Å². The van der Waals surface area contributed by atoms with E-state index in [-0.39, 0.29) is 36.8 Å². The van der Waals surface area contributed by atoms with Crippen LogP contribution in [0.5, 0.6) is 0 Å². The van der Waals surface area contributed by atoms with Gasteiger partial charge in [-0.1, -0.05) is 0 Å². The number of halogens is 3. The molecule has 0 radical (unpaired) electrons. The fourth-order valence-electron chi connectivity index (χ4n) is 2.84. The first-order valence-corrected chi connectivity index (χ1v) is 10.9. The predicted molar refractivity (Wildman–Crippen MR) is 106 cm³/mol. The van der Waals surface area contributed by atoms with Gasteiger partial charge in [-0.3, -0.25) is 4.79 Å². The molecule has 0 bridgehead atoms. The molecular weight excluding hydrogens is 453 g/mol. The maximum atomic E-state index is 13.7. The second-order valence-corrected chi connectivity index (χ2v) is 8.74. The molecule has 2 aromatic carbocycles. The fraction of sp³-hybridized carbons (Fsp3) is 0.300.